The first-order valence-corrected chi connectivity index (χ1v) is 11.3. The van der Waals surface area contributed by atoms with Crippen LogP contribution in [0.15, 0.2) is 24.3 Å². The van der Waals surface area contributed by atoms with Crippen molar-refractivity contribution in [1.29, 1.82) is 0 Å². The fourth-order valence-electron chi connectivity index (χ4n) is 1.74. The second-order valence-electron chi connectivity index (χ2n) is 4.62. The summed E-state index contributed by atoms with van der Waals surface area (Å²) in [4.78, 5) is 0. The maximum absolute atomic E-state index is 5.98. The number of ether oxygens (including phenoxy) is 2. The van der Waals surface area contributed by atoms with Crippen molar-refractivity contribution < 1.29 is 18.5 Å². The van der Waals surface area contributed by atoms with E-state index >= 15 is 0 Å². The second kappa shape index (κ2) is 10.6. The molecule has 1 rings (SSSR count). The first-order chi connectivity index (χ1) is 10.6. The van der Waals surface area contributed by atoms with E-state index in [1.807, 2.05) is 24.3 Å². The Morgan fingerprint density at radius 3 is 2.27 bits per heavy atom. The summed E-state index contributed by atoms with van der Waals surface area (Å²) in [5.74, 6) is 0.846. The molecule has 0 amide bonds. The second-order valence-corrected chi connectivity index (χ2v) is 11.2. The summed E-state index contributed by atoms with van der Waals surface area (Å²) in [7, 11) is 4.84. The van der Waals surface area contributed by atoms with Crippen molar-refractivity contribution in [1.82, 2.24) is 0 Å². The Morgan fingerprint density at radius 1 is 1.14 bits per heavy atom. The Hall–Kier alpha value is -0.100. The normalized spacial score (nSPS) is 13.1. The highest BCUT2D eigenvalue weighted by Crippen LogP contribution is 2.62. The smallest absolute Gasteiger partial charge is 0.249 e. The van der Waals surface area contributed by atoms with Crippen LogP contribution in [0.3, 0.4) is 0 Å². The van der Waals surface area contributed by atoms with Gasteiger partial charge in [-0.25, -0.2) is 0 Å². The van der Waals surface area contributed by atoms with E-state index in [0.29, 0.717) is 6.61 Å². The van der Waals surface area contributed by atoms with Gasteiger partial charge in [-0.05, 0) is 47.3 Å². The number of benzene rings is 1. The lowest BCUT2D eigenvalue weighted by Gasteiger charge is -2.24. The van der Waals surface area contributed by atoms with Crippen LogP contribution in [0, 0.1) is 0 Å². The van der Waals surface area contributed by atoms with Gasteiger partial charge in [-0.3, -0.25) is 0 Å². The fourth-order valence-corrected chi connectivity index (χ4v) is 5.43. The van der Waals surface area contributed by atoms with E-state index in [2.05, 4.69) is 6.92 Å². The Balaban J connectivity index is 2.73. The number of rotatable bonds is 11. The van der Waals surface area contributed by atoms with Crippen molar-refractivity contribution in [2.45, 2.75) is 31.6 Å². The van der Waals surface area contributed by atoms with Crippen LogP contribution >= 0.6 is 17.1 Å². The Labute approximate surface area is 142 Å². The van der Waals surface area contributed by atoms with Crippen LogP contribution in [0.5, 0.6) is 5.75 Å². The van der Waals surface area contributed by atoms with E-state index in [1.165, 1.54) is 16.9 Å². The van der Waals surface area contributed by atoms with Gasteiger partial charge in [0.05, 0.1) is 7.11 Å². The lowest BCUT2D eigenvalue weighted by Crippen LogP contribution is -2.13. The van der Waals surface area contributed by atoms with Crippen LogP contribution in [0.1, 0.15) is 25.3 Å². The van der Waals surface area contributed by atoms with Crippen molar-refractivity contribution >= 4 is 28.9 Å². The van der Waals surface area contributed by atoms with Gasteiger partial charge in [0, 0.05) is 27.2 Å². The van der Waals surface area contributed by atoms with Crippen LogP contribution in [0.4, 0.5) is 0 Å². The molecule has 0 bridgehead atoms. The van der Waals surface area contributed by atoms with E-state index in [-0.39, 0.29) is 5.44 Å². The average Bonchev–Trinajstić information content (AvgIpc) is 2.55. The van der Waals surface area contributed by atoms with Gasteiger partial charge >= 0.3 is 0 Å². The monoisotopic (exact) mass is 364 g/mol. The summed E-state index contributed by atoms with van der Waals surface area (Å²) in [5.41, 5.74) is -1.25. The zero-order valence-electron chi connectivity index (χ0n) is 13.6. The summed E-state index contributed by atoms with van der Waals surface area (Å²) in [6.07, 6.45) is 2.88. The molecule has 0 aliphatic rings. The number of hydrogen-bond donors (Lipinski definition) is 0. The molecule has 4 nitrogen and oxygen atoms in total. The molecule has 0 spiro atoms. The van der Waals surface area contributed by atoms with E-state index in [0.717, 1.165) is 25.0 Å². The molecule has 0 aliphatic heterocycles. The minimum absolute atomic E-state index is 0.0781. The minimum Gasteiger partial charge on any atom is -0.497 e. The van der Waals surface area contributed by atoms with Crippen molar-refractivity contribution in [2.75, 3.05) is 27.9 Å². The molecule has 0 radical (unpaired) electrons. The first kappa shape index (κ1) is 19.9. The predicted molar refractivity (Wildman–Crippen MR) is 97.2 cm³/mol. The topological polar surface area (TPSA) is 36.9 Å². The van der Waals surface area contributed by atoms with E-state index < -0.39 is 5.69 Å². The number of unbranched alkanes of at least 4 members (excludes halogenated alkanes) is 1. The maximum atomic E-state index is 5.98. The molecule has 0 saturated carbocycles. The molecule has 22 heavy (non-hydrogen) atoms. The van der Waals surface area contributed by atoms with Gasteiger partial charge in [0.2, 0.25) is 5.69 Å². The third-order valence-electron chi connectivity index (χ3n) is 3.06. The van der Waals surface area contributed by atoms with Gasteiger partial charge in [-0.2, -0.15) is 0 Å². The molecule has 1 aromatic carbocycles. The average molecular weight is 364 g/mol. The quantitative estimate of drug-likeness (QED) is 0.324. The Kier molecular flexibility index (Phi) is 9.64. The molecule has 0 heterocycles. The molecular formula is C15H25O4PS2. The highest BCUT2D eigenvalue weighted by molar-refractivity contribution is 8.68. The molecule has 7 heteroatoms. The van der Waals surface area contributed by atoms with E-state index in [9.17, 15) is 0 Å². The molecule has 1 aromatic rings. The number of hydrogen-bond acceptors (Lipinski definition) is 6. The lowest BCUT2D eigenvalue weighted by molar-refractivity contribution is 0.111. The Bertz CT molecular complexity index is 459. The van der Waals surface area contributed by atoms with Gasteiger partial charge in [-0.1, -0.05) is 25.5 Å². The van der Waals surface area contributed by atoms with Gasteiger partial charge in [0.1, 0.15) is 11.2 Å². The van der Waals surface area contributed by atoms with Gasteiger partial charge in [0.15, 0.2) is 0 Å². The molecule has 0 fully saturated rings. The lowest BCUT2D eigenvalue weighted by atomic mass is 10.1. The van der Waals surface area contributed by atoms with Crippen molar-refractivity contribution in [3.05, 3.63) is 29.8 Å². The number of methoxy groups -OCH3 is 1. The summed E-state index contributed by atoms with van der Waals surface area (Å²) in [6, 6.07) is 7.98. The zero-order valence-corrected chi connectivity index (χ0v) is 16.1. The van der Waals surface area contributed by atoms with Crippen LogP contribution < -0.4 is 4.74 Å². The SMILES string of the molecule is CCCCOC(Cc1ccc(OC)cc1)SP(=S)(OC)OC. The van der Waals surface area contributed by atoms with Crippen LogP contribution in [0.2, 0.25) is 0 Å². The minimum atomic E-state index is -2.34. The third kappa shape index (κ3) is 6.99. The van der Waals surface area contributed by atoms with Crippen LogP contribution in [-0.4, -0.2) is 33.4 Å². The summed E-state index contributed by atoms with van der Waals surface area (Å²) in [6.45, 7) is 2.86. The highest BCUT2D eigenvalue weighted by atomic mass is 32.9. The van der Waals surface area contributed by atoms with Crippen molar-refractivity contribution in [3.8, 4) is 5.75 Å². The largest absolute Gasteiger partial charge is 0.497 e. The Morgan fingerprint density at radius 2 is 1.77 bits per heavy atom. The molecule has 126 valence electrons. The maximum Gasteiger partial charge on any atom is 0.249 e. The van der Waals surface area contributed by atoms with E-state index in [1.54, 1.807) is 21.3 Å². The highest BCUT2D eigenvalue weighted by Gasteiger charge is 2.24. The third-order valence-corrected chi connectivity index (χ3v) is 8.79. The van der Waals surface area contributed by atoms with Crippen molar-refractivity contribution in [2.24, 2.45) is 0 Å². The predicted octanol–water partition coefficient (Wildman–Crippen LogP) is 4.63. The summed E-state index contributed by atoms with van der Waals surface area (Å²) in [5, 5.41) is 0. The van der Waals surface area contributed by atoms with Crippen molar-refractivity contribution in [3.63, 3.8) is 0 Å². The van der Waals surface area contributed by atoms with Gasteiger partial charge < -0.3 is 18.5 Å². The van der Waals surface area contributed by atoms with Crippen LogP contribution in [-0.2, 0) is 32.0 Å². The van der Waals surface area contributed by atoms with Crippen LogP contribution in [0.25, 0.3) is 0 Å². The standard InChI is InChI=1S/C15H25O4PS2/c1-5-6-11-19-15(22-20(21,17-3)18-4)12-13-7-9-14(16-2)10-8-13/h7-10,15H,5-6,11-12H2,1-4H3. The molecule has 0 N–H and O–H groups in total. The fraction of sp³-hybridized carbons (Fsp3) is 0.600. The molecule has 0 aliphatic carbocycles. The summed E-state index contributed by atoms with van der Waals surface area (Å²) >= 11 is 6.92. The van der Waals surface area contributed by atoms with E-state index in [4.69, 9.17) is 30.3 Å². The molecule has 1 atom stereocenters. The molecular weight excluding hydrogens is 339 g/mol. The zero-order chi connectivity index (χ0) is 16.4. The van der Waals surface area contributed by atoms with Gasteiger partial charge in [-0.15, -0.1) is 0 Å². The molecule has 0 aromatic heterocycles. The summed E-state index contributed by atoms with van der Waals surface area (Å²) < 4.78 is 21.9. The molecule has 1 unspecified atom stereocenters. The van der Waals surface area contributed by atoms with Gasteiger partial charge in [0.25, 0.3) is 0 Å². The first-order valence-electron chi connectivity index (χ1n) is 7.21. The molecule has 0 saturated heterocycles.